The van der Waals surface area contributed by atoms with Crippen LogP contribution in [0.5, 0.6) is 0 Å². The SMILES string of the molecule is CC(C)C(=O)NCCCC(=O)NC1CC1. The first-order chi connectivity index (χ1) is 7.09. The Morgan fingerprint density at radius 3 is 2.53 bits per heavy atom. The van der Waals surface area contributed by atoms with E-state index in [1.807, 2.05) is 13.8 Å². The van der Waals surface area contributed by atoms with Crippen molar-refractivity contribution in [3.05, 3.63) is 0 Å². The second kappa shape index (κ2) is 5.73. The molecule has 4 nitrogen and oxygen atoms in total. The van der Waals surface area contributed by atoms with Crippen LogP contribution in [0.4, 0.5) is 0 Å². The van der Waals surface area contributed by atoms with E-state index in [0.29, 0.717) is 19.0 Å². The number of hydrogen-bond acceptors (Lipinski definition) is 2. The van der Waals surface area contributed by atoms with Crippen molar-refractivity contribution in [2.24, 2.45) is 5.92 Å². The number of nitrogens with one attached hydrogen (secondary N) is 2. The van der Waals surface area contributed by atoms with Crippen molar-refractivity contribution in [2.45, 2.75) is 45.6 Å². The van der Waals surface area contributed by atoms with Gasteiger partial charge in [-0.05, 0) is 19.3 Å². The average molecular weight is 212 g/mol. The van der Waals surface area contributed by atoms with Gasteiger partial charge in [-0.3, -0.25) is 9.59 Å². The Balaban J connectivity index is 1.95. The quantitative estimate of drug-likeness (QED) is 0.640. The highest BCUT2D eigenvalue weighted by atomic mass is 16.2. The molecule has 0 unspecified atom stereocenters. The summed E-state index contributed by atoms with van der Waals surface area (Å²) in [6.45, 7) is 4.30. The zero-order valence-electron chi connectivity index (χ0n) is 9.51. The molecule has 0 aromatic rings. The van der Waals surface area contributed by atoms with Crippen molar-refractivity contribution in [3.8, 4) is 0 Å². The van der Waals surface area contributed by atoms with Crippen LogP contribution in [0.25, 0.3) is 0 Å². The van der Waals surface area contributed by atoms with Gasteiger partial charge in [0, 0.05) is 24.9 Å². The fourth-order valence-corrected chi connectivity index (χ4v) is 1.19. The lowest BCUT2D eigenvalue weighted by Gasteiger charge is -2.07. The smallest absolute Gasteiger partial charge is 0.222 e. The van der Waals surface area contributed by atoms with Gasteiger partial charge < -0.3 is 10.6 Å². The van der Waals surface area contributed by atoms with Gasteiger partial charge in [0.25, 0.3) is 0 Å². The second-order valence-corrected chi connectivity index (χ2v) is 4.39. The Morgan fingerprint density at radius 1 is 1.33 bits per heavy atom. The van der Waals surface area contributed by atoms with Crippen molar-refractivity contribution >= 4 is 11.8 Å². The lowest BCUT2D eigenvalue weighted by molar-refractivity contribution is -0.124. The number of hydrogen-bond donors (Lipinski definition) is 2. The molecule has 0 aromatic heterocycles. The van der Waals surface area contributed by atoms with Gasteiger partial charge in [-0.1, -0.05) is 13.8 Å². The molecule has 1 rings (SSSR count). The Kier molecular flexibility index (Phi) is 4.59. The Hall–Kier alpha value is -1.06. The normalized spacial score (nSPS) is 15.1. The van der Waals surface area contributed by atoms with Crippen LogP contribution in [0, 0.1) is 5.92 Å². The van der Waals surface area contributed by atoms with E-state index in [9.17, 15) is 9.59 Å². The van der Waals surface area contributed by atoms with E-state index in [4.69, 9.17) is 0 Å². The third-order valence-electron chi connectivity index (χ3n) is 2.35. The van der Waals surface area contributed by atoms with Crippen LogP contribution in [0.15, 0.2) is 0 Å². The van der Waals surface area contributed by atoms with E-state index in [-0.39, 0.29) is 17.7 Å². The van der Waals surface area contributed by atoms with Crippen LogP contribution in [0.2, 0.25) is 0 Å². The van der Waals surface area contributed by atoms with Crippen molar-refractivity contribution in [3.63, 3.8) is 0 Å². The summed E-state index contributed by atoms with van der Waals surface area (Å²) < 4.78 is 0. The molecular formula is C11H20N2O2. The molecule has 0 bridgehead atoms. The maximum atomic E-state index is 11.2. The molecule has 1 aliphatic rings. The molecule has 2 N–H and O–H groups in total. The summed E-state index contributed by atoms with van der Waals surface area (Å²) in [7, 11) is 0. The van der Waals surface area contributed by atoms with Gasteiger partial charge in [-0.2, -0.15) is 0 Å². The minimum Gasteiger partial charge on any atom is -0.356 e. The summed E-state index contributed by atoms with van der Waals surface area (Å²) in [5.74, 6) is 0.180. The van der Waals surface area contributed by atoms with E-state index >= 15 is 0 Å². The maximum Gasteiger partial charge on any atom is 0.222 e. The van der Waals surface area contributed by atoms with Gasteiger partial charge in [-0.15, -0.1) is 0 Å². The van der Waals surface area contributed by atoms with E-state index in [2.05, 4.69) is 10.6 Å². The Labute approximate surface area is 90.8 Å². The molecule has 2 amide bonds. The van der Waals surface area contributed by atoms with Gasteiger partial charge in [0.15, 0.2) is 0 Å². The molecule has 0 spiro atoms. The fourth-order valence-electron chi connectivity index (χ4n) is 1.19. The van der Waals surface area contributed by atoms with E-state index < -0.39 is 0 Å². The predicted molar refractivity (Wildman–Crippen MR) is 58.2 cm³/mol. The number of rotatable bonds is 6. The molecule has 1 fully saturated rings. The molecule has 86 valence electrons. The highest BCUT2D eigenvalue weighted by Gasteiger charge is 2.22. The molecule has 0 radical (unpaired) electrons. The summed E-state index contributed by atoms with van der Waals surface area (Å²) in [4.78, 5) is 22.4. The highest BCUT2D eigenvalue weighted by Crippen LogP contribution is 2.18. The second-order valence-electron chi connectivity index (χ2n) is 4.39. The fraction of sp³-hybridized carbons (Fsp3) is 0.818. The third-order valence-corrected chi connectivity index (χ3v) is 2.35. The molecule has 1 saturated carbocycles. The Morgan fingerprint density at radius 2 is 2.00 bits per heavy atom. The third kappa shape index (κ3) is 5.40. The van der Waals surface area contributed by atoms with Crippen LogP contribution >= 0.6 is 0 Å². The average Bonchev–Trinajstić information content (AvgIpc) is 2.95. The van der Waals surface area contributed by atoms with Gasteiger partial charge in [0.2, 0.25) is 11.8 Å². The highest BCUT2D eigenvalue weighted by molar-refractivity contribution is 5.78. The minimum absolute atomic E-state index is 0.0188. The molecule has 0 atom stereocenters. The van der Waals surface area contributed by atoms with Gasteiger partial charge in [-0.25, -0.2) is 0 Å². The lowest BCUT2D eigenvalue weighted by Crippen LogP contribution is -2.30. The number of amides is 2. The van der Waals surface area contributed by atoms with Crippen LogP contribution in [0.3, 0.4) is 0 Å². The minimum atomic E-state index is 0.0188. The molecule has 1 aliphatic carbocycles. The zero-order chi connectivity index (χ0) is 11.3. The summed E-state index contributed by atoms with van der Waals surface area (Å²) in [6.07, 6.45) is 3.47. The number of carbonyl (C=O) groups excluding carboxylic acids is 2. The monoisotopic (exact) mass is 212 g/mol. The standard InChI is InChI=1S/C11H20N2O2/c1-8(2)11(15)12-7-3-4-10(14)13-9-5-6-9/h8-9H,3-7H2,1-2H3,(H,12,15)(H,13,14). The molecule has 0 heterocycles. The van der Waals surface area contributed by atoms with E-state index in [1.54, 1.807) is 0 Å². The molecule has 0 saturated heterocycles. The van der Waals surface area contributed by atoms with Crippen molar-refractivity contribution in [1.29, 1.82) is 0 Å². The predicted octanol–water partition coefficient (Wildman–Crippen LogP) is 0.817. The zero-order valence-corrected chi connectivity index (χ0v) is 9.51. The molecular weight excluding hydrogens is 192 g/mol. The van der Waals surface area contributed by atoms with Gasteiger partial charge in [0.05, 0.1) is 0 Å². The van der Waals surface area contributed by atoms with Crippen molar-refractivity contribution < 1.29 is 9.59 Å². The summed E-state index contributed by atoms with van der Waals surface area (Å²) in [6, 6.07) is 0.433. The Bertz CT molecular complexity index is 235. The van der Waals surface area contributed by atoms with Crippen LogP contribution < -0.4 is 10.6 Å². The molecule has 4 heteroatoms. The van der Waals surface area contributed by atoms with E-state index in [1.165, 1.54) is 0 Å². The van der Waals surface area contributed by atoms with Crippen molar-refractivity contribution in [1.82, 2.24) is 10.6 Å². The van der Waals surface area contributed by atoms with Gasteiger partial charge >= 0.3 is 0 Å². The van der Waals surface area contributed by atoms with Gasteiger partial charge in [0.1, 0.15) is 0 Å². The molecule has 0 aromatic carbocycles. The lowest BCUT2D eigenvalue weighted by atomic mass is 10.2. The van der Waals surface area contributed by atoms with Crippen molar-refractivity contribution in [2.75, 3.05) is 6.54 Å². The largest absolute Gasteiger partial charge is 0.356 e. The summed E-state index contributed by atoms with van der Waals surface area (Å²) in [5.41, 5.74) is 0. The van der Waals surface area contributed by atoms with E-state index in [0.717, 1.165) is 19.3 Å². The topological polar surface area (TPSA) is 58.2 Å². The maximum absolute atomic E-state index is 11.2. The van der Waals surface area contributed by atoms with Crippen LogP contribution in [0.1, 0.15) is 39.5 Å². The first-order valence-corrected chi connectivity index (χ1v) is 5.66. The van der Waals surface area contributed by atoms with Crippen LogP contribution in [-0.4, -0.2) is 24.4 Å². The van der Waals surface area contributed by atoms with Crippen LogP contribution in [-0.2, 0) is 9.59 Å². The number of carbonyl (C=O) groups is 2. The molecule has 15 heavy (non-hydrogen) atoms. The molecule has 0 aliphatic heterocycles. The first-order valence-electron chi connectivity index (χ1n) is 5.66. The summed E-state index contributed by atoms with van der Waals surface area (Å²) >= 11 is 0. The first kappa shape index (κ1) is 12.0. The summed E-state index contributed by atoms with van der Waals surface area (Å²) in [5, 5.41) is 5.70.